The molecule has 5 rings (SSSR count). The summed E-state index contributed by atoms with van der Waals surface area (Å²) in [5.74, 6) is 2.06. The number of rotatable bonds is 9. The first kappa shape index (κ1) is 21.2. The van der Waals surface area contributed by atoms with Gasteiger partial charge in [-0.15, -0.1) is 0 Å². The number of methoxy groups -OCH3 is 1. The molecule has 1 N–H and O–H groups in total. The Morgan fingerprint density at radius 3 is 2.50 bits per heavy atom. The fraction of sp³-hybridized carbons (Fsp3) is 0.773. The van der Waals surface area contributed by atoms with Crippen LogP contribution in [0.3, 0.4) is 0 Å². The Hall–Kier alpha value is -2.09. The minimum Gasteiger partial charge on any atom is -0.464 e. The molecule has 0 saturated heterocycles. The normalized spacial score (nSPS) is 29.1. The van der Waals surface area contributed by atoms with Gasteiger partial charge in [-0.3, -0.25) is 0 Å². The van der Waals surface area contributed by atoms with Crippen LogP contribution in [-0.2, 0) is 16.0 Å². The minimum atomic E-state index is -0.550. The van der Waals surface area contributed by atoms with Gasteiger partial charge in [-0.2, -0.15) is 0 Å². The molecule has 1 heterocycles. The van der Waals surface area contributed by atoms with Crippen molar-refractivity contribution in [3.8, 4) is 0 Å². The Morgan fingerprint density at radius 2 is 1.90 bits per heavy atom. The lowest BCUT2D eigenvalue weighted by Crippen LogP contribution is -2.61. The molecule has 4 saturated carbocycles. The van der Waals surface area contributed by atoms with E-state index >= 15 is 0 Å². The van der Waals surface area contributed by atoms with Crippen molar-refractivity contribution in [2.45, 2.75) is 64.0 Å². The number of carbonyl (C=O) groups excluding carboxylic acids is 2. The molecule has 4 aliphatic rings. The lowest BCUT2D eigenvalue weighted by atomic mass is 9.53. The second-order valence-electron chi connectivity index (χ2n) is 9.22. The van der Waals surface area contributed by atoms with Crippen LogP contribution < -0.4 is 5.32 Å². The van der Waals surface area contributed by atoms with Gasteiger partial charge in [-0.05, 0) is 69.6 Å². The second-order valence-corrected chi connectivity index (χ2v) is 9.22. The maximum absolute atomic E-state index is 13.3. The summed E-state index contributed by atoms with van der Waals surface area (Å²) in [5.41, 5.74) is 0.0564. The topological polar surface area (TPSA) is 93.9 Å². The summed E-state index contributed by atoms with van der Waals surface area (Å²) in [6.07, 6.45) is 9.30. The molecule has 166 valence electrons. The first-order valence-electron chi connectivity index (χ1n) is 11.2. The number of amides is 2. The molecule has 1 aromatic rings. The molecule has 0 aromatic carbocycles. The van der Waals surface area contributed by atoms with E-state index in [0.29, 0.717) is 25.6 Å². The van der Waals surface area contributed by atoms with Crippen molar-refractivity contribution in [3.63, 3.8) is 0 Å². The third kappa shape index (κ3) is 4.63. The average molecular weight is 420 g/mol. The van der Waals surface area contributed by atoms with Crippen molar-refractivity contribution in [1.82, 2.24) is 15.2 Å². The van der Waals surface area contributed by atoms with Crippen LogP contribution in [0.25, 0.3) is 0 Å². The Kier molecular flexibility index (Phi) is 6.32. The number of hydrogen-bond donors (Lipinski definition) is 1. The molecule has 8 heteroatoms. The molecular formula is C22H33N3O5. The Bertz CT molecular complexity index is 726. The zero-order chi connectivity index (χ0) is 21.1. The van der Waals surface area contributed by atoms with Gasteiger partial charge in [-0.25, -0.2) is 14.6 Å². The minimum absolute atomic E-state index is 0.0578. The third-order valence-electron chi connectivity index (χ3n) is 6.89. The number of urea groups is 1. The predicted molar refractivity (Wildman–Crippen MR) is 109 cm³/mol. The Balaban J connectivity index is 1.42. The molecule has 30 heavy (non-hydrogen) atoms. The lowest BCUT2D eigenvalue weighted by molar-refractivity contribution is -0.0160. The fourth-order valence-corrected chi connectivity index (χ4v) is 6.07. The summed E-state index contributed by atoms with van der Waals surface area (Å²) in [4.78, 5) is 30.9. The second kappa shape index (κ2) is 8.96. The van der Waals surface area contributed by atoms with Crippen LogP contribution in [0.1, 0.15) is 68.2 Å². The van der Waals surface area contributed by atoms with Gasteiger partial charge in [0.1, 0.15) is 6.26 Å². The lowest BCUT2D eigenvalue weighted by Gasteiger charge is -2.57. The molecule has 0 aliphatic heterocycles. The van der Waals surface area contributed by atoms with Crippen LogP contribution in [-0.4, -0.2) is 54.3 Å². The van der Waals surface area contributed by atoms with E-state index in [1.54, 1.807) is 4.90 Å². The number of carbonyl (C=O) groups is 2. The van der Waals surface area contributed by atoms with Crippen molar-refractivity contribution < 1.29 is 23.5 Å². The number of nitrogens with one attached hydrogen (secondary N) is 1. The van der Waals surface area contributed by atoms with E-state index in [0.717, 1.165) is 43.4 Å². The van der Waals surface area contributed by atoms with Gasteiger partial charge in [0.25, 0.3) is 0 Å². The van der Waals surface area contributed by atoms with Crippen molar-refractivity contribution in [2.75, 3.05) is 26.9 Å². The summed E-state index contributed by atoms with van der Waals surface area (Å²) >= 11 is 0. The first-order valence-corrected chi connectivity index (χ1v) is 11.2. The maximum atomic E-state index is 13.3. The van der Waals surface area contributed by atoms with Gasteiger partial charge in [-0.1, -0.05) is 0 Å². The maximum Gasteiger partial charge on any atom is 0.360 e. The van der Waals surface area contributed by atoms with Crippen molar-refractivity contribution in [3.05, 3.63) is 17.8 Å². The van der Waals surface area contributed by atoms with E-state index in [1.165, 1.54) is 32.6 Å². The van der Waals surface area contributed by atoms with Crippen LogP contribution in [0.5, 0.6) is 0 Å². The molecule has 4 bridgehead atoms. The van der Waals surface area contributed by atoms with Gasteiger partial charge in [0.15, 0.2) is 5.69 Å². The largest absolute Gasteiger partial charge is 0.464 e. The first-order chi connectivity index (χ1) is 14.5. The SMILES string of the molecule is CCOCCCN(Cc1nc(C(=O)OC)co1)C(=O)NC12CC3CC(CC(C3)C1)C2. The van der Waals surface area contributed by atoms with Gasteiger partial charge in [0, 0.05) is 25.3 Å². The highest BCUT2D eigenvalue weighted by Gasteiger charge is 2.51. The number of hydrogen-bond acceptors (Lipinski definition) is 6. The van der Waals surface area contributed by atoms with Gasteiger partial charge >= 0.3 is 12.0 Å². The summed E-state index contributed by atoms with van der Waals surface area (Å²) in [5, 5.41) is 3.41. The van der Waals surface area contributed by atoms with Gasteiger partial charge < -0.3 is 24.1 Å². The predicted octanol–water partition coefficient (Wildman–Crippen LogP) is 3.37. The molecule has 0 unspecified atom stereocenters. The van der Waals surface area contributed by atoms with Crippen LogP contribution in [0.4, 0.5) is 4.79 Å². The van der Waals surface area contributed by atoms with E-state index < -0.39 is 5.97 Å². The van der Waals surface area contributed by atoms with Crippen LogP contribution in [0.2, 0.25) is 0 Å². The van der Waals surface area contributed by atoms with E-state index in [9.17, 15) is 9.59 Å². The highest BCUT2D eigenvalue weighted by atomic mass is 16.5. The van der Waals surface area contributed by atoms with E-state index in [1.807, 2.05) is 6.92 Å². The fourth-order valence-electron chi connectivity index (χ4n) is 6.07. The summed E-state index contributed by atoms with van der Waals surface area (Å²) in [6.45, 7) is 3.95. The van der Waals surface area contributed by atoms with Crippen molar-refractivity contribution in [1.29, 1.82) is 0 Å². The standard InChI is InChI=1S/C22H33N3O5/c1-3-29-6-4-5-25(13-19-23-18(14-30-19)20(26)28-2)21(27)24-22-10-15-7-16(11-22)9-17(8-15)12-22/h14-17H,3-13H2,1-2H3,(H,24,27). The highest BCUT2D eigenvalue weighted by Crippen LogP contribution is 2.55. The van der Waals surface area contributed by atoms with Crippen LogP contribution in [0, 0.1) is 17.8 Å². The number of oxazole rings is 1. The smallest absolute Gasteiger partial charge is 0.360 e. The summed E-state index contributed by atoms with van der Waals surface area (Å²) in [7, 11) is 1.30. The average Bonchev–Trinajstić information content (AvgIpc) is 3.17. The van der Waals surface area contributed by atoms with Gasteiger partial charge in [0.2, 0.25) is 5.89 Å². The molecule has 4 aliphatic carbocycles. The van der Waals surface area contributed by atoms with Crippen molar-refractivity contribution >= 4 is 12.0 Å². The van der Waals surface area contributed by atoms with E-state index in [2.05, 4.69) is 15.0 Å². The number of aromatic nitrogens is 1. The van der Waals surface area contributed by atoms with Gasteiger partial charge in [0.05, 0.1) is 13.7 Å². The molecule has 2 amide bonds. The molecule has 8 nitrogen and oxygen atoms in total. The molecular weight excluding hydrogens is 386 g/mol. The Labute approximate surface area is 177 Å². The molecule has 4 fully saturated rings. The molecule has 0 atom stereocenters. The molecule has 0 radical (unpaired) electrons. The Morgan fingerprint density at radius 1 is 1.23 bits per heavy atom. The molecule has 0 spiro atoms. The van der Waals surface area contributed by atoms with Crippen LogP contribution in [0.15, 0.2) is 10.7 Å². The van der Waals surface area contributed by atoms with Crippen LogP contribution >= 0.6 is 0 Å². The van der Waals surface area contributed by atoms with E-state index in [4.69, 9.17) is 9.15 Å². The summed E-state index contributed by atoms with van der Waals surface area (Å²) < 4.78 is 15.5. The number of nitrogens with zero attached hydrogens (tertiary/aromatic N) is 2. The zero-order valence-corrected chi connectivity index (χ0v) is 18.0. The quantitative estimate of drug-likeness (QED) is 0.487. The number of ether oxygens (including phenoxy) is 2. The van der Waals surface area contributed by atoms with E-state index in [-0.39, 0.29) is 23.8 Å². The summed E-state index contributed by atoms with van der Waals surface area (Å²) in [6, 6.07) is -0.0775. The third-order valence-corrected chi connectivity index (χ3v) is 6.89. The van der Waals surface area contributed by atoms with Crippen molar-refractivity contribution in [2.24, 2.45) is 17.8 Å². The highest BCUT2D eigenvalue weighted by molar-refractivity contribution is 5.86. The monoisotopic (exact) mass is 419 g/mol. The number of esters is 1. The molecule has 1 aromatic heterocycles. The zero-order valence-electron chi connectivity index (χ0n) is 18.0.